The van der Waals surface area contributed by atoms with E-state index in [2.05, 4.69) is 34.7 Å². The highest BCUT2D eigenvalue weighted by Crippen LogP contribution is 2.26. The first-order valence-electron chi connectivity index (χ1n) is 9.71. The van der Waals surface area contributed by atoms with Crippen LogP contribution in [0.1, 0.15) is 28.4 Å². The smallest absolute Gasteiger partial charge is 0.257 e. The minimum absolute atomic E-state index is 0.217. The van der Waals surface area contributed by atoms with Crippen LogP contribution in [-0.2, 0) is 6.42 Å². The summed E-state index contributed by atoms with van der Waals surface area (Å²) in [7, 11) is 0. The highest BCUT2D eigenvalue weighted by Gasteiger charge is 2.11. The van der Waals surface area contributed by atoms with Gasteiger partial charge in [0.05, 0.1) is 0 Å². The maximum atomic E-state index is 12.3. The van der Waals surface area contributed by atoms with E-state index < -0.39 is 0 Å². The Hall–Kier alpha value is -3.51. The first kappa shape index (κ1) is 19.8. The molecule has 150 valence electrons. The van der Waals surface area contributed by atoms with Crippen LogP contribution in [0.3, 0.4) is 0 Å². The molecule has 4 rings (SSSR count). The Morgan fingerprint density at radius 3 is 2.47 bits per heavy atom. The van der Waals surface area contributed by atoms with Crippen molar-refractivity contribution in [3.05, 3.63) is 83.4 Å². The summed E-state index contributed by atoms with van der Waals surface area (Å²) >= 11 is 5.28. The number of carbonyl (C=O) groups excluding carboxylic acids is 1. The molecule has 0 aliphatic rings. The normalized spacial score (nSPS) is 10.7. The molecule has 1 amide bonds. The van der Waals surface area contributed by atoms with E-state index in [0.29, 0.717) is 22.7 Å². The van der Waals surface area contributed by atoms with Crippen LogP contribution < -0.4 is 10.6 Å². The Labute approximate surface area is 180 Å². The van der Waals surface area contributed by atoms with Crippen molar-refractivity contribution in [1.82, 2.24) is 10.3 Å². The van der Waals surface area contributed by atoms with Gasteiger partial charge in [-0.2, -0.15) is 0 Å². The highest BCUT2D eigenvalue weighted by atomic mass is 32.1. The van der Waals surface area contributed by atoms with Gasteiger partial charge in [0.25, 0.3) is 5.91 Å². The van der Waals surface area contributed by atoms with E-state index in [9.17, 15) is 4.79 Å². The number of rotatable bonds is 4. The molecule has 0 saturated carbocycles. The van der Waals surface area contributed by atoms with E-state index in [1.165, 1.54) is 5.56 Å². The highest BCUT2D eigenvalue weighted by molar-refractivity contribution is 7.80. The van der Waals surface area contributed by atoms with Crippen molar-refractivity contribution in [3.8, 4) is 11.5 Å². The van der Waals surface area contributed by atoms with Crippen LogP contribution in [0.5, 0.6) is 0 Å². The van der Waals surface area contributed by atoms with Crippen molar-refractivity contribution >= 4 is 40.0 Å². The zero-order valence-corrected chi connectivity index (χ0v) is 17.5. The van der Waals surface area contributed by atoms with Gasteiger partial charge in [0.2, 0.25) is 5.89 Å². The van der Waals surface area contributed by atoms with Gasteiger partial charge < -0.3 is 9.73 Å². The largest absolute Gasteiger partial charge is 0.436 e. The van der Waals surface area contributed by atoms with Crippen LogP contribution in [-0.4, -0.2) is 16.0 Å². The fraction of sp³-hybridized carbons (Fsp3) is 0.125. The molecule has 0 bridgehead atoms. The Bertz CT molecular complexity index is 1210. The topological polar surface area (TPSA) is 67.2 Å². The number of hydrogen-bond acceptors (Lipinski definition) is 4. The van der Waals surface area contributed by atoms with Gasteiger partial charge in [-0.05, 0) is 67.5 Å². The minimum Gasteiger partial charge on any atom is -0.436 e. The number of nitrogens with one attached hydrogen (secondary N) is 2. The molecule has 3 aromatic carbocycles. The standard InChI is InChI=1S/C24H21N3O2S/c1-3-16-6-10-18(11-7-16)23-26-20-13-12-19(14-21(20)29-23)25-24(30)27-22(28)17-8-4-15(2)5-9-17/h4-14H,3H2,1-2H3,(H2,25,27,28,30). The second kappa shape index (κ2) is 8.47. The van der Waals surface area contributed by atoms with Gasteiger partial charge in [-0.15, -0.1) is 0 Å². The number of aromatic nitrogens is 1. The van der Waals surface area contributed by atoms with Crippen molar-refractivity contribution in [3.63, 3.8) is 0 Å². The van der Waals surface area contributed by atoms with Crippen molar-refractivity contribution in [1.29, 1.82) is 0 Å². The predicted molar refractivity (Wildman–Crippen MR) is 124 cm³/mol. The summed E-state index contributed by atoms with van der Waals surface area (Å²) in [6.07, 6.45) is 0.989. The lowest BCUT2D eigenvalue weighted by atomic mass is 10.1. The van der Waals surface area contributed by atoms with E-state index in [-0.39, 0.29) is 11.0 Å². The molecule has 0 aliphatic carbocycles. The third kappa shape index (κ3) is 4.39. The molecule has 0 radical (unpaired) electrons. The summed E-state index contributed by atoms with van der Waals surface area (Å²) in [5, 5.41) is 5.93. The van der Waals surface area contributed by atoms with Gasteiger partial charge in [0.1, 0.15) is 5.52 Å². The average molecular weight is 416 g/mol. The molecule has 1 aromatic heterocycles. The summed E-state index contributed by atoms with van der Waals surface area (Å²) in [6, 6.07) is 21.0. The van der Waals surface area contributed by atoms with E-state index in [0.717, 1.165) is 23.1 Å². The van der Waals surface area contributed by atoms with Gasteiger partial charge in [-0.25, -0.2) is 4.98 Å². The monoisotopic (exact) mass is 415 g/mol. The second-order valence-electron chi connectivity index (χ2n) is 7.03. The minimum atomic E-state index is -0.258. The first-order chi connectivity index (χ1) is 14.5. The number of benzene rings is 3. The SMILES string of the molecule is CCc1ccc(-c2nc3ccc(NC(=S)NC(=O)c4ccc(C)cc4)cc3o2)cc1. The maximum absolute atomic E-state index is 12.3. The number of oxazole rings is 1. The van der Waals surface area contributed by atoms with Gasteiger partial charge in [-0.3, -0.25) is 10.1 Å². The fourth-order valence-corrected chi connectivity index (χ4v) is 3.26. The number of carbonyl (C=O) groups is 1. The van der Waals surface area contributed by atoms with Crippen LogP contribution >= 0.6 is 12.2 Å². The molecule has 0 aliphatic heterocycles. The number of anilines is 1. The predicted octanol–water partition coefficient (Wildman–Crippen LogP) is 5.49. The molecule has 1 heterocycles. The first-order valence-corrected chi connectivity index (χ1v) is 10.1. The van der Waals surface area contributed by atoms with Crippen molar-refractivity contribution in [2.24, 2.45) is 0 Å². The van der Waals surface area contributed by atoms with Gasteiger partial charge in [0.15, 0.2) is 10.7 Å². The van der Waals surface area contributed by atoms with Crippen LogP contribution in [0.25, 0.3) is 22.6 Å². The molecule has 5 nitrogen and oxygen atoms in total. The van der Waals surface area contributed by atoms with Crippen molar-refractivity contribution in [2.75, 3.05) is 5.32 Å². The molecule has 4 aromatic rings. The quantitative estimate of drug-likeness (QED) is 0.431. The molecular formula is C24H21N3O2S. The third-order valence-corrected chi connectivity index (χ3v) is 5.00. The van der Waals surface area contributed by atoms with Crippen LogP contribution in [0.2, 0.25) is 0 Å². The van der Waals surface area contributed by atoms with Crippen molar-refractivity contribution in [2.45, 2.75) is 20.3 Å². The molecule has 0 spiro atoms. The Morgan fingerprint density at radius 1 is 1.03 bits per heavy atom. The summed E-state index contributed by atoms with van der Waals surface area (Å²) in [6.45, 7) is 4.09. The molecular weight excluding hydrogens is 394 g/mol. The Balaban J connectivity index is 1.47. The number of nitrogens with zero attached hydrogens (tertiary/aromatic N) is 1. The molecule has 6 heteroatoms. The van der Waals surface area contributed by atoms with Gasteiger partial charge in [0, 0.05) is 22.9 Å². The zero-order chi connectivity index (χ0) is 21.1. The molecule has 30 heavy (non-hydrogen) atoms. The molecule has 0 saturated heterocycles. The second-order valence-corrected chi connectivity index (χ2v) is 7.43. The van der Waals surface area contributed by atoms with Crippen LogP contribution in [0.15, 0.2) is 71.1 Å². The average Bonchev–Trinajstić information content (AvgIpc) is 3.17. The van der Waals surface area contributed by atoms with Crippen LogP contribution in [0.4, 0.5) is 5.69 Å². The summed E-state index contributed by atoms with van der Waals surface area (Å²) < 4.78 is 5.93. The lowest BCUT2D eigenvalue weighted by molar-refractivity contribution is 0.0977. The number of fused-ring (bicyclic) bond motifs is 1. The number of thiocarbonyl (C=S) groups is 1. The molecule has 0 unspecified atom stereocenters. The lowest BCUT2D eigenvalue weighted by Gasteiger charge is -2.09. The number of aryl methyl sites for hydroxylation is 2. The fourth-order valence-electron chi connectivity index (χ4n) is 3.05. The van der Waals surface area contributed by atoms with Crippen LogP contribution in [0, 0.1) is 6.92 Å². The Morgan fingerprint density at radius 2 is 1.77 bits per heavy atom. The Kier molecular flexibility index (Phi) is 5.59. The summed E-state index contributed by atoms with van der Waals surface area (Å²) in [5.74, 6) is 0.311. The molecule has 0 atom stereocenters. The van der Waals surface area contributed by atoms with Gasteiger partial charge in [-0.1, -0.05) is 36.8 Å². The van der Waals surface area contributed by atoms with E-state index >= 15 is 0 Å². The van der Waals surface area contributed by atoms with Gasteiger partial charge >= 0.3 is 0 Å². The summed E-state index contributed by atoms with van der Waals surface area (Å²) in [5.41, 5.74) is 5.94. The molecule has 2 N–H and O–H groups in total. The maximum Gasteiger partial charge on any atom is 0.257 e. The summed E-state index contributed by atoms with van der Waals surface area (Å²) in [4.78, 5) is 16.9. The lowest BCUT2D eigenvalue weighted by Crippen LogP contribution is -2.34. The third-order valence-electron chi connectivity index (χ3n) is 4.80. The van der Waals surface area contributed by atoms with E-state index in [1.807, 2.05) is 49.4 Å². The van der Waals surface area contributed by atoms with E-state index in [4.69, 9.17) is 16.6 Å². The molecule has 0 fully saturated rings. The van der Waals surface area contributed by atoms with Crippen molar-refractivity contribution < 1.29 is 9.21 Å². The number of hydrogen-bond donors (Lipinski definition) is 2. The number of amides is 1. The van der Waals surface area contributed by atoms with E-state index in [1.54, 1.807) is 12.1 Å². The zero-order valence-electron chi connectivity index (χ0n) is 16.7.